The number of likely N-dealkylation sites (tertiary alicyclic amines) is 1. The van der Waals surface area contributed by atoms with Crippen LogP contribution in [0.5, 0.6) is 0 Å². The smallest absolute Gasteiger partial charge is 0.233 e. The summed E-state index contributed by atoms with van der Waals surface area (Å²) >= 11 is 0. The predicted octanol–water partition coefficient (Wildman–Crippen LogP) is 2.19. The molecule has 1 aliphatic rings. The second-order valence-electron chi connectivity index (χ2n) is 6.42. The summed E-state index contributed by atoms with van der Waals surface area (Å²) < 4.78 is 0. The number of rotatable bonds is 7. The Bertz CT molecular complexity index is 321. The van der Waals surface area contributed by atoms with Crippen LogP contribution in [0.3, 0.4) is 0 Å². The molecule has 0 aromatic rings. The number of carbonyl (C=O) groups excluding carboxylic acids is 2. The van der Waals surface area contributed by atoms with Gasteiger partial charge in [-0.1, -0.05) is 34.1 Å². The number of amides is 2. The molecule has 110 valence electrons. The lowest BCUT2D eigenvalue weighted by Gasteiger charge is -2.24. The van der Waals surface area contributed by atoms with Crippen LogP contribution in [0.25, 0.3) is 0 Å². The summed E-state index contributed by atoms with van der Waals surface area (Å²) in [5.74, 6) is -0.0949. The quantitative estimate of drug-likeness (QED) is 0.569. The minimum Gasteiger partial charge on any atom is -0.317 e. The highest BCUT2D eigenvalue weighted by Gasteiger charge is 2.44. The largest absolute Gasteiger partial charge is 0.317 e. The molecule has 1 saturated heterocycles. The summed E-state index contributed by atoms with van der Waals surface area (Å²) in [5.41, 5.74) is -0.119. The van der Waals surface area contributed by atoms with Crippen molar-refractivity contribution in [2.75, 3.05) is 19.6 Å². The number of imide groups is 1. The molecule has 19 heavy (non-hydrogen) atoms. The first-order valence-electron chi connectivity index (χ1n) is 7.43. The van der Waals surface area contributed by atoms with Gasteiger partial charge in [-0.2, -0.15) is 0 Å². The number of carbonyl (C=O) groups is 2. The lowest BCUT2D eigenvalue weighted by molar-refractivity contribution is -0.140. The van der Waals surface area contributed by atoms with E-state index in [1.807, 2.05) is 20.8 Å². The minimum atomic E-state index is -0.137. The fraction of sp³-hybridized carbons (Fsp3) is 0.867. The fourth-order valence-corrected chi connectivity index (χ4v) is 2.47. The molecule has 0 aromatic heterocycles. The maximum Gasteiger partial charge on any atom is 0.233 e. The molecular formula is C15H28N2O2. The average Bonchev–Trinajstić information content (AvgIpc) is 2.60. The fourth-order valence-electron chi connectivity index (χ4n) is 2.47. The molecule has 0 saturated carbocycles. The molecule has 1 fully saturated rings. The Hall–Kier alpha value is -0.900. The van der Waals surface area contributed by atoms with Crippen LogP contribution in [0, 0.1) is 11.3 Å². The lowest BCUT2D eigenvalue weighted by Crippen LogP contribution is -2.34. The van der Waals surface area contributed by atoms with Crippen molar-refractivity contribution in [1.29, 1.82) is 0 Å². The third-order valence-corrected chi connectivity index (χ3v) is 3.77. The summed E-state index contributed by atoms with van der Waals surface area (Å²) in [4.78, 5) is 25.6. The van der Waals surface area contributed by atoms with Crippen LogP contribution in [-0.4, -0.2) is 36.3 Å². The molecular weight excluding hydrogens is 240 g/mol. The second kappa shape index (κ2) is 7.04. The van der Waals surface area contributed by atoms with E-state index < -0.39 is 0 Å². The normalized spacial score (nSPS) is 20.4. The van der Waals surface area contributed by atoms with Gasteiger partial charge >= 0.3 is 0 Å². The standard InChI is InChI=1S/C15H28N2O2/c1-5-16-9-7-6-8-10-17-13(18)11-12(14(17)19)15(2,3)4/h12,16H,5-11H2,1-4H3. The van der Waals surface area contributed by atoms with Crippen LogP contribution in [0.15, 0.2) is 0 Å². The van der Waals surface area contributed by atoms with E-state index >= 15 is 0 Å². The summed E-state index contributed by atoms with van der Waals surface area (Å²) in [6.07, 6.45) is 3.47. The molecule has 0 aromatic carbocycles. The van der Waals surface area contributed by atoms with Gasteiger partial charge in [0, 0.05) is 13.0 Å². The highest BCUT2D eigenvalue weighted by atomic mass is 16.2. The zero-order chi connectivity index (χ0) is 14.5. The molecule has 1 rings (SSSR count). The maximum absolute atomic E-state index is 12.2. The van der Waals surface area contributed by atoms with E-state index in [-0.39, 0.29) is 23.1 Å². The number of unbranched alkanes of at least 4 members (excludes halogenated alkanes) is 2. The van der Waals surface area contributed by atoms with Crippen molar-refractivity contribution in [2.45, 2.75) is 53.4 Å². The molecule has 1 aliphatic heterocycles. The maximum atomic E-state index is 12.2. The van der Waals surface area contributed by atoms with Gasteiger partial charge in [-0.25, -0.2) is 0 Å². The number of nitrogens with one attached hydrogen (secondary N) is 1. The Morgan fingerprint density at radius 3 is 2.42 bits per heavy atom. The topological polar surface area (TPSA) is 49.4 Å². The molecule has 1 heterocycles. The average molecular weight is 268 g/mol. The monoisotopic (exact) mass is 268 g/mol. The first-order valence-corrected chi connectivity index (χ1v) is 7.43. The van der Waals surface area contributed by atoms with E-state index in [0.717, 1.165) is 32.4 Å². The summed E-state index contributed by atoms with van der Waals surface area (Å²) in [5, 5.41) is 3.27. The van der Waals surface area contributed by atoms with Gasteiger partial charge < -0.3 is 5.32 Å². The number of nitrogens with zero attached hydrogens (tertiary/aromatic N) is 1. The highest BCUT2D eigenvalue weighted by Crippen LogP contribution is 2.35. The first kappa shape index (κ1) is 16.2. The van der Waals surface area contributed by atoms with Crippen molar-refractivity contribution in [3.63, 3.8) is 0 Å². The number of hydrogen-bond donors (Lipinski definition) is 1. The second-order valence-corrected chi connectivity index (χ2v) is 6.42. The molecule has 4 nitrogen and oxygen atoms in total. The van der Waals surface area contributed by atoms with Gasteiger partial charge in [0.15, 0.2) is 0 Å². The van der Waals surface area contributed by atoms with Crippen LogP contribution < -0.4 is 5.32 Å². The molecule has 0 aliphatic carbocycles. The van der Waals surface area contributed by atoms with Gasteiger partial charge in [0.1, 0.15) is 0 Å². The van der Waals surface area contributed by atoms with Crippen molar-refractivity contribution in [3.05, 3.63) is 0 Å². The van der Waals surface area contributed by atoms with Crippen molar-refractivity contribution < 1.29 is 9.59 Å². The van der Waals surface area contributed by atoms with E-state index in [2.05, 4.69) is 12.2 Å². The Morgan fingerprint density at radius 1 is 1.21 bits per heavy atom. The van der Waals surface area contributed by atoms with E-state index in [1.165, 1.54) is 4.90 Å². The summed E-state index contributed by atoms with van der Waals surface area (Å²) in [6, 6.07) is 0. The molecule has 2 amide bonds. The Morgan fingerprint density at radius 2 is 1.89 bits per heavy atom. The summed E-state index contributed by atoms with van der Waals surface area (Å²) in [6.45, 7) is 10.8. The summed E-state index contributed by atoms with van der Waals surface area (Å²) in [7, 11) is 0. The van der Waals surface area contributed by atoms with Gasteiger partial charge in [-0.3, -0.25) is 14.5 Å². The van der Waals surface area contributed by atoms with E-state index in [0.29, 0.717) is 13.0 Å². The third-order valence-electron chi connectivity index (χ3n) is 3.77. The molecule has 4 heteroatoms. The zero-order valence-electron chi connectivity index (χ0n) is 12.8. The molecule has 0 radical (unpaired) electrons. The van der Waals surface area contributed by atoms with Crippen LogP contribution >= 0.6 is 0 Å². The molecule has 0 bridgehead atoms. The van der Waals surface area contributed by atoms with Crippen molar-refractivity contribution in [3.8, 4) is 0 Å². The Labute approximate surface area is 116 Å². The van der Waals surface area contributed by atoms with Gasteiger partial charge in [-0.05, 0) is 31.3 Å². The number of hydrogen-bond acceptors (Lipinski definition) is 3. The van der Waals surface area contributed by atoms with Crippen molar-refractivity contribution in [2.24, 2.45) is 11.3 Å². The van der Waals surface area contributed by atoms with Crippen molar-refractivity contribution >= 4 is 11.8 Å². The van der Waals surface area contributed by atoms with Crippen LogP contribution in [0.4, 0.5) is 0 Å². The molecule has 1 unspecified atom stereocenters. The van der Waals surface area contributed by atoms with Gasteiger partial charge in [0.05, 0.1) is 5.92 Å². The van der Waals surface area contributed by atoms with Crippen LogP contribution in [-0.2, 0) is 9.59 Å². The van der Waals surface area contributed by atoms with Gasteiger partial charge in [0.25, 0.3) is 0 Å². The van der Waals surface area contributed by atoms with Gasteiger partial charge in [0.2, 0.25) is 11.8 Å². The SMILES string of the molecule is CCNCCCCCN1C(=O)CC(C(C)(C)C)C1=O. The zero-order valence-corrected chi connectivity index (χ0v) is 12.8. The molecule has 0 spiro atoms. The highest BCUT2D eigenvalue weighted by molar-refractivity contribution is 6.03. The van der Waals surface area contributed by atoms with E-state index in [9.17, 15) is 9.59 Å². The Balaban J connectivity index is 2.34. The van der Waals surface area contributed by atoms with Gasteiger partial charge in [-0.15, -0.1) is 0 Å². The Kier molecular flexibility index (Phi) is 5.98. The molecule has 1 atom stereocenters. The lowest BCUT2D eigenvalue weighted by atomic mass is 9.80. The van der Waals surface area contributed by atoms with Crippen LogP contribution in [0.1, 0.15) is 53.4 Å². The minimum absolute atomic E-state index is 0.0107. The van der Waals surface area contributed by atoms with Crippen molar-refractivity contribution in [1.82, 2.24) is 10.2 Å². The third kappa shape index (κ3) is 4.60. The first-order chi connectivity index (χ1) is 8.88. The van der Waals surface area contributed by atoms with E-state index in [1.54, 1.807) is 0 Å². The van der Waals surface area contributed by atoms with E-state index in [4.69, 9.17) is 0 Å². The predicted molar refractivity (Wildman–Crippen MR) is 76.7 cm³/mol. The molecule has 1 N–H and O–H groups in total. The van der Waals surface area contributed by atoms with Crippen LogP contribution in [0.2, 0.25) is 0 Å².